The zero-order valence-electron chi connectivity index (χ0n) is 11.4. The van der Waals surface area contributed by atoms with E-state index in [9.17, 15) is 0 Å². The molecule has 0 rings (SSSR count). The van der Waals surface area contributed by atoms with Crippen LogP contribution < -0.4 is 0 Å². The van der Waals surface area contributed by atoms with Crippen molar-refractivity contribution in [1.82, 2.24) is 0 Å². The summed E-state index contributed by atoms with van der Waals surface area (Å²) >= 11 is 2.95. The van der Waals surface area contributed by atoms with Gasteiger partial charge in [0.05, 0.1) is 0 Å². The van der Waals surface area contributed by atoms with Crippen LogP contribution in [0, 0.1) is 0 Å². The van der Waals surface area contributed by atoms with Crippen LogP contribution in [0.3, 0.4) is 0 Å². The molecule has 16 heavy (non-hydrogen) atoms. The zero-order chi connectivity index (χ0) is 13.1. The molecule has 2 atom stereocenters. The fraction of sp³-hybridized carbons (Fsp3) is 1.00. The predicted molar refractivity (Wildman–Crippen MR) is 91.4 cm³/mol. The molecule has 4 heteroatoms. The van der Waals surface area contributed by atoms with Gasteiger partial charge in [0, 0.05) is 0 Å². The monoisotopic (exact) mass is 348 g/mol. The van der Waals surface area contributed by atoms with Gasteiger partial charge < -0.3 is 0 Å². The number of hydrogen-bond acceptors (Lipinski definition) is 0. The van der Waals surface area contributed by atoms with Crippen molar-refractivity contribution in [2.75, 3.05) is 18.5 Å². The van der Waals surface area contributed by atoms with Crippen LogP contribution in [-0.4, -0.2) is 33.6 Å². The molecule has 0 saturated heterocycles. The fourth-order valence-corrected chi connectivity index (χ4v) is 2.71. The van der Waals surface area contributed by atoms with Gasteiger partial charge in [-0.15, -0.1) is 18.5 Å². The molecule has 0 nitrogen and oxygen atoms in total. The van der Waals surface area contributed by atoms with Gasteiger partial charge in [0.15, 0.2) is 0 Å². The van der Waals surface area contributed by atoms with Crippen molar-refractivity contribution in [2.24, 2.45) is 0 Å². The van der Waals surface area contributed by atoms with Crippen LogP contribution in [0.5, 0.6) is 0 Å². The maximum absolute atomic E-state index is 2.95. The van der Waals surface area contributed by atoms with Gasteiger partial charge >= 0.3 is 47.9 Å². The Kier molecular flexibility index (Phi) is 42.9. The van der Waals surface area contributed by atoms with Crippen molar-refractivity contribution in [3.05, 3.63) is 0 Å². The number of rotatable bonds is 7. The van der Waals surface area contributed by atoms with Crippen molar-refractivity contribution in [3.63, 3.8) is 0 Å². The van der Waals surface area contributed by atoms with Gasteiger partial charge in [0.25, 0.3) is 0 Å². The Bertz CT molecular complexity index is 90.3. The second-order valence-corrected chi connectivity index (χ2v) is 6.98. The Morgan fingerprint density at radius 1 is 0.812 bits per heavy atom. The molecule has 0 aliphatic heterocycles. The Morgan fingerprint density at radius 3 is 1.25 bits per heavy atom. The molecule has 2 unspecified atom stereocenters. The van der Waals surface area contributed by atoms with E-state index in [1.807, 2.05) is 0 Å². The molecule has 0 N–H and O–H groups in total. The second-order valence-electron chi connectivity index (χ2n) is 3.49. The van der Waals surface area contributed by atoms with E-state index >= 15 is 0 Å². The van der Waals surface area contributed by atoms with Crippen molar-refractivity contribution >= 4 is 40.4 Å². The molecular formula is C12H31P3Se. The third-order valence-electron chi connectivity index (χ3n) is 1.72. The summed E-state index contributed by atoms with van der Waals surface area (Å²) in [5.41, 5.74) is 0. The minimum atomic E-state index is 1.26. The molecule has 0 amide bonds. The van der Waals surface area contributed by atoms with Gasteiger partial charge in [-0.05, 0) is 12.3 Å². The molecule has 0 radical (unpaired) electrons. The molecule has 0 aromatic heterocycles. The summed E-state index contributed by atoms with van der Waals surface area (Å²) in [4.78, 5) is 0. The minimum absolute atomic E-state index is 1.26. The van der Waals surface area contributed by atoms with E-state index < -0.39 is 0 Å². The van der Waals surface area contributed by atoms with E-state index in [1.165, 1.54) is 63.8 Å². The first-order chi connectivity index (χ1) is 7.74. The van der Waals surface area contributed by atoms with Gasteiger partial charge in [0.1, 0.15) is 0 Å². The number of hydrogen-bond donors (Lipinski definition) is 0. The van der Waals surface area contributed by atoms with E-state index in [4.69, 9.17) is 0 Å². The van der Waals surface area contributed by atoms with Gasteiger partial charge in [-0.3, -0.25) is 0 Å². The summed E-state index contributed by atoms with van der Waals surface area (Å²) < 4.78 is 0. The standard InChI is InChI=1S/C4H9PSe.2C4H11P/c1-2-3-4-5-6;2*1-2-3-4-5/h2-4H2,1H3;2*2-5H2,1H3. The maximum atomic E-state index is 2.95. The Morgan fingerprint density at radius 2 is 1.19 bits per heavy atom. The van der Waals surface area contributed by atoms with Crippen molar-refractivity contribution in [3.8, 4) is 0 Å². The molecule has 0 spiro atoms. The van der Waals surface area contributed by atoms with Gasteiger partial charge in [0.2, 0.25) is 0 Å². The average molecular weight is 347 g/mol. The molecule has 0 heterocycles. The summed E-state index contributed by atoms with van der Waals surface area (Å²) in [6, 6.07) is 0. The van der Waals surface area contributed by atoms with Crippen LogP contribution in [0.15, 0.2) is 0 Å². The van der Waals surface area contributed by atoms with Crippen LogP contribution in [0.1, 0.15) is 59.3 Å². The van der Waals surface area contributed by atoms with E-state index in [-0.39, 0.29) is 0 Å². The molecular weight excluding hydrogens is 316 g/mol. The van der Waals surface area contributed by atoms with Crippen molar-refractivity contribution < 1.29 is 0 Å². The summed E-state index contributed by atoms with van der Waals surface area (Å²) in [5.74, 6) is 0. The molecule has 100 valence electrons. The quantitative estimate of drug-likeness (QED) is 0.340. The number of unbranched alkanes of at least 4 members (excludes halogenated alkanes) is 3. The summed E-state index contributed by atoms with van der Waals surface area (Å²) in [6.45, 7) is 8.03. The normalized spacial score (nSPS) is 8.81. The second kappa shape index (κ2) is 30.1. The van der Waals surface area contributed by atoms with Crippen LogP contribution >= 0.6 is 25.3 Å². The first-order valence-corrected chi connectivity index (χ1v) is 11.4. The summed E-state index contributed by atoms with van der Waals surface area (Å²) in [5, 5.41) is 0. The van der Waals surface area contributed by atoms with Gasteiger partial charge in [-0.1, -0.05) is 39.5 Å². The predicted octanol–water partition coefficient (Wildman–Crippen LogP) is 5.14. The Labute approximate surface area is 118 Å². The zero-order valence-corrected chi connectivity index (χ0v) is 16.3. The van der Waals surface area contributed by atoms with E-state index in [0.717, 1.165) is 0 Å². The third kappa shape index (κ3) is 44.9. The first-order valence-electron chi connectivity index (χ1n) is 6.44. The van der Waals surface area contributed by atoms with Crippen LogP contribution in [0.4, 0.5) is 0 Å². The third-order valence-corrected chi connectivity index (χ3v) is 4.18. The fourth-order valence-electron chi connectivity index (χ4n) is 0.631. The van der Waals surface area contributed by atoms with Crippen molar-refractivity contribution in [2.45, 2.75) is 59.3 Å². The van der Waals surface area contributed by atoms with Crippen LogP contribution in [0.25, 0.3) is 0 Å². The van der Waals surface area contributed by atoms with Crippen molar-refractivity contribution in [1.29, 1.82) is 0 Å². The first kappa shape index (κ1) is 22.8. The van der Waals surface area contributed by atoms with E-state index in [0.29, 0.717) is 0 Å². The SMILES string of the molecule is CCCCP.CCCCP.CCCCP=[Se]. The Balaban J connectivity index is -0.000000160. The molecule has 0 aliphatic carbocycles. The summed E-state index contributed by atoms with van der Waals surface area (Å²) in [6.07, 6.45) is 11.9. The molecule has 0 aromatic rings. The molecule has 0 saturated carbocycles. The van der Waals surface area contributed by atoms with E-state index in [2.05, 4.69) is 54.3 Å². The van der Waals surface area contributed by atoms with Crippen LogP contribution in [0.2, 0.25) is 0 Å². The molecule has 0 aromatic carbocycles. The summed E-state index contributed by atoms with van der Waals surface area (Å²) in [7, 11) is 5.40. The van der Waals surface area contributed by atoms with Crippen LogP contribution in [-0.2, 0) is 0 Å². The molecule has 0 bridgehead atoms. The Hall–Kier alpha value is 1.68. The van der Waals surface area contributed by atoms with E-state index in [1.54, 1.807) is 0 Å². The molecule has 0 fully saturated rings. The van der Waals surface area contributed by atoms with Gasteiger partial charge in [-0.2, -0.15) is 0 Å². The topological polar surface area (TPSA) is 0 Å². The van der Waals surface area contributed by atoms with Gasteiger partial charge in [-0.25, -0.2) is 0 Å². The molecule has 0 aliphatic rings. The average Bonchev–Trinajstić information content (AvgIpc) is 2.30.